The van der Waals surface area contributed by atoms with Crippen LogP contribution in [0.15, 0.2) is 24.3 Å². The van der Waals surface area contributed by atoms with Crippen molar-refractivity contribution in [2.45, 2.75) is 127 Å². The molecule has 1 aromatic carbocycles. The van der Waals surface area contributed by atoms with E-state index < -0.39 is 120 Å². The number of ether oxygens (including phenoxy) is 1. The number of aliphatic hydroxyl groups is 1. The van der Waals surface area contributed by atoms with E-state index in [9.17, 15) is 53.1 Å². The number of carbonyl (C=O) groups excluding carboxylic acids is 10. The zero-order chi connectivity index (χ0) is 50.7. The number of imide groups is 1. The van der Waals surface area contributed by atoms with Crippen LogP contribution in [0.5, 0.6) is 5.75 Å². The number of rotatable bonds is 16. The summed E-state index contributed by atoms with van der Waals surface area (Å²) in [5.41, 5.74) is 17.1. The van der Waals surface area contributed by atoms with Crippen molar-refractivity contribution < 1.29 is 57.8 Å². The van der Waals surface area contributed by atoms with Crippen LogP contribution in [0.1, 0.15) is 78.2 Å². The SMILES string of the molecule is CCOc1ccc(C[C@H]2NC(=O)CCSSC[C@H](C(=O)N3CCC[C@H]3C(=O)N[C@@H](CCCN)C(=O)N(C)C(N)=O)NC(=O)[C@H](CC(N)=O)NC(=O)[C@@H]([C@@H](C)O)NC(=O)[C@H]([C@@H](C)CC)NC2=O)cc1. The third-order valence-electron chi connectivity index (χ3n) is 11.4. The summed E-state index contributed by atoms with van der Waals surface area (Å²) in [6, 6.07) is -3.80. The summed E-state index contributed by atoms with van der Waals surface area (Å²) >= 11 is 0. The summed E-state index contributed by atoms with van der Waals surface area (Å²) in [5.74, 6) is -7.44. The summed E-state index contributed by atoms with van der Waals surface area (Å²) in [6.45, 7) is 7.15. The van der Waals surface area contributed by atoms with E-state index >= 15 is 0 Å². The second-order valence-corrected chi connectivity index (χ2v) is 19.2. The number of primary amides is 2. The van der Waals surface area contributed by atoms with Gasteiger partial charge in [0, 0.05) is 37.9 Å². The lowest BCUT2D eigenvalue weighted by molar-refractivity contribution is -0.142. The third-order valence-corrected chi connectivity index (χ3v) is 13.8. The van der Waals surface area contributed by atoms with Crippen molar-refractivity contribution in [3.63, 3.8) is 0 Å². The first kappa shape index (κ1) is 56.7. The van der Waals surface area contributed by atoms with E-state index in [1.807, 2.05) is 6.92 Å². The Morgan fingerprint density at radius 3 is 2.15 bits per heavy atom. The maximum atomic E-state index is 14.4. The summed E-state index contributed by atoms with van der Waals surface area (Å²) in [4.78, 5) is 137. The number of likely N-dealkylation sites (tertiary alicyclic amines) is 1. The largest absolute Gasteiger partial charge is 0.494 e. The van der Waals surface area contributed by atoms with Gasteiger partial charge in [0.15, 0.2) is 0 Å². The molecule has 11 amide bonds. The Morgan fingerprint density at radius 1 is 0.897 bits per heavy atom. The van der Waals surface area contributed by atoms with Gasteiger partial charge in [0.2, 0.25) is 47.3 Å². The van der Waals surface area contributed by atoms with Crippen molar-refractivity contribution in [1.82, 2.24) is 41.7 Å². The minimum atomic E-state index is -1.74. The number of likely N-dealkylation sites (N-methyl/N-ethyl adjacent to an activating group) is 1. The molecule has 0 saturated carbocycles. The molecule has 2 fully saturated rings. The standard InChI is InChI=1S/C43H67N11O12S2/c1-6-23(3)34-39(61)52-35(24(4)55)40(62)49-29(21-32(45)56)36(58)50-30(42(64)54-18-9-11-31(54)38(60)48-27(10-8-17-44)41(63)53(5)43(46)65)22-68-67-19-16-33(57)47-28(37(59)51-34)20-25-12-14-26(15-13-25)66-7-2/h12-15,23-24,27-31,34-35,55H,6-11,16-22,44H2,1-5H3,(H2,45,56)(H2,46,65)(H,47,57)(H,48,60)(H,49,62)(H,50,58)(H,51,59)(H,52,61)/t23-,24+,27-,28+,29-,30+,31-,34-,35+/m0/s1. The average molecular weight is 994 g/mol. The van der Waals surface area contributed by atoms with E-state index in [1.54, 1.807) is 38.1 Å². The van der Waals surface area contributed by atoms with E-state index in [2.05, 4.69) is 31.9 Å². The Hall–Kier alpha value is -5.66. The number of aliphatic hydroxyl groups excluding tert-OH is 1. The number of nitrogens with one attached hydrogen (secondary N) is 6. The highest BCUT2D eigenvalue weighted by atomic mass is 33.1. The predicted molar refractivity (Wildman–Crippen MR) is 253 cm³/mol. The monoisotopic (exact) mass is 993 g/mol. The molecular weight excluding hydrogens is 927 g/mol. The molecule has 25 heteroatoms. The number of nitrogens with zero attached hydrogens (tertiary/aromatic N) is 2. The third kappa shape index (κ3) is 17.1. The summed E-state index contributed by atoms with van der Waals surface area (Å²) in [5, 5.41) is 26.3. The van der Waals surface area contributed by atoms with Gasteiger partial charge in [0.25, 0.3) is 5.91 Å². The van der Waals surface area contributed by atoms with Crippen LogP contribution in [-0.2, 0) is 49.6 Å². The first-order valence-electron chi connectivity index (χ1n) is 22.5. The molecule has 0 aliphatic carbocycles. The molecule has 2 saturated heterocycles. The molecule has 0 aromatic heterocycles. The molecule has 2 aliphatic heterocycles. The van der Waals surface area contributed by atoms with Crippen LogP contribution in [0, 0.1) is 5.92 Å². The molecule has 23 nitrogen and oxygen atoms in total. The van der Waals surface area contributed by atoms with Crippen molar-refractivity contribution in [3.8, 4) is 5.75 Å². The molecule has 3 rings (SSSR count). The quantitative estimate of drug-likeness (QED) is 0.0793. The lowest BCUT2D eigenvalue weighted by Crippen LogP contribution is -2.63. The second-order valence-electron chi connectivity index (χ2n) is 16.6. The van der Waals surface area contributed by atoms with Crippen LogP contribution in [0.3, 0.4) is 0 Å². The van der Waals surface area contributed by atoms with Crippen LogP contribution >= 0.6 is 21.6 Å². The maximum absolute atomic E-state index is 14.4. The van der Waals surface area contributed by atoms with Gasteiger partial charge in [-0.3, -0.25) is 48.1 Å². The molecule has 9 atom stereocenters. The van der Waals surface area contributed by atoms with Gasteiger partial charge in [0.05, 0.1) is 19.1 Å². The van der Waals surface area contributed by atoms with Gasteiger partial charge in [-0.05, 0) is 69.7 Å². The summed E-state index contributed by atoms with van der Waals surface area (Å²) in [6.07, 6.45) is -1.18. The molecule has 0 radical (unpaired) electrons. The maximum Gasteiger partial charge on any atom is 0.321 e. The number of nitrogens with two attached hydrogens (primary N) is 3. The van der Waals surface area contributed by atoms with E-state index in [0.717, 1.165) is 28.6 Å². The number of urea groups is 1. The van der Waals surface area contributed by atoms with Crippen LogP contribution in [-0.4, -0.2) is 161 Å². The molecule has 378 valence electrons. The van der Waals surface area contributed by atoms with Gasteiger partial charge >= 0.3 is 6.03 Å². The molecule has 2 heterocycles. The van der Waals surface area contributed by atoms with Crippen LogP contribution in [0.4, 0.5) is 4.79 Å². The first-order chi connectivity index (χ1) is 32.2. The minimum Gasteiger partial charge on any atom is -0.494 e. The highest BCUT2D eigenvalue weighted by Gasteiger charge is 2.41. The normalized spacial score (nSPS) is 23.8. The van der Waals surface area contributed by atoms with Crippen LogP contribution < -0.4 is 53.8 Å². The van der Waals surface area contributed by atoms with Crippen molar-refractivity contribution in [3.05, 3.63) is 29.8 Å². The number of benzene rings is 1. The van der Waals surface area contributed by atoms with Crippen molar-refractivity contribution in [2.75, 3.05) is 38.2 Å². The Bertz CT molecular complexity index is 1960. The summed E-state index contributed by atoms with van der Waals surface area (Å²) in [7, 11) is 3.41. The average Bonchev–Trinajstić information content (AvgIpc) is 3.79. The number of amides is 11. The Labute approximate surface area is 403 Å². The van der Waals surface area contributed by atoms with Crippen molar-refractivity contribution >= 4 is 80.8 Å². The van der Waals surface area contributed by atoms with E-state index in [1.165, 1.54) is 11.8 Å². The highest BCUT2D eigenvalue weighted by Crippen LogP contribution is 2.26. The Balaban J connectivity index is 2.00. The lowest BCUT2D eigenvalue weighted by atomic mass is 9.96. The molecule has 0 bridgehead atoms. The fraction of sp³-hybridized carbons (Fsp3) is 0.628. The van der Waals surface area contributed by atoms with Gasteiger partial charge in [-0.25, -0.2) is 4.79 Å². The Kier molecular flexibility index (Phi) is 23.3. The second kappa shape index (κ2) is 28.0. The molecule has 0 spiro atoms. The number of carbonyl (C=O) groups is 10. The van der Waals surface area contributed by atoms with Gasteiger partial charge < -0.3 is 63.8 Å². The molecule has 68 heavy (non-hydrogen) atoms. The zero-order valence-electron chi connectivity index (χ0n) is 39.1. The van der Waals surface area contributed by atoms with E-state index in [0.29, 0.717) is 42.1 Å². The van der Waals surface area contributed by atoms with E-state index in [-0.39, 0.29) is 50.3 Å². The Morgan fingerprint density at radius 2 is 1.54 bits per heavy atom. The number of hydrogen-bond donors (Lipinski definition) is 10. The number of hydrogen-bond acceptors (Lipinski definition) is 15. The smallest absolute Gasteiger partial charge is 0.321 e. The topological polar surface area (TPSA) is 357 Å². The molecule has 2 aliphatic rings. The first-order valence-corrected chi connectivity index (χ1v) is 25.0. The van der Waals surface area contributed by atoms with Crippen LogP contribution in [0.25, 0.3) is 0 Å². The fourth-order valence-corrected chi connectivity index (χ4v) is 9.47. The predicted octanol–water partition coefficient (Wildman–Crippen LogP) is -2.11. The molecule has 1 aromatic rings. The van der Waals surface area contributed by atoms with Crippen molar-refractivity contribution in [2.24, 2.45) is 23.1 Å². The summed E-state index contributed by atoms with van der Waals surface area (Å²) < 4.78 is 5.53. The van der Waals surface area contributed by atoms with Crippen molar-refractivity contribution in [1.29, 1.82) is 0 Å². The zero-order valence-corrected chi connectivity index (χ0v) is 40.7. The minimum absolute atomic E-state index is 0.0226. The van der Waals surface area contributed by atoms with Gasteiger partial charge in [0.1, 0.15) is 48.0 Å². The van der Waals surface area contributed by atoms with Gasteiger partial charge in [-0.15, -0.1) is 0 Å². The fourth-order valence-electron chi connectivity index (χ4n) is 7.33. The highest BCUT2D eigenvalue weighted by molar-refractivity contribution is 8.76. The van der Waals surface area contributed by atoms with Crippen LogP contribution in [0.2, 0.25) is 0 Å². The molecule has 13 N–H and O–H groups in total. The van der Waals surface area contributed by atoms with Gasteiger partial charge in [-0.1, -0.05) is 54.0 Å². The molecule has 0 unspecified atom stereocenters. The lowest BCUT2D eigenvalue weighted by Gasteiger charge is -2.31. The molecular formula is C43H67N11O12S2. The van der Waals surface area contributed by atoms with E-state index in [4.69, 9.17) is 21.9 Å². The van der Waals surface area contributed by atoms with Gasteiger partial charge in [-0.2, -0.15) is 0 Å².